The summed E-state index contributed by atoms with van der Waals surface area (Å²) < 4.78 is 0. The zero-order valence-electron chi connectivity index (χ0n) is 9.58. The number of carbonyl (C=O) groups excluding carboxylic acids is 1. The summed E-state index contributed by atoms with van der Waals surface area (Å²) in [5, 5.41) is 14.4. The maximum Gasteiger partial charge on any atom is 0.233 e. The summed E-state index contributed by atoms with van der Waals surface area (Å²) in [5.74, 6) is 1.91. The average Bonchev–Trinajstić information content (AvgIpc) is 2.20. The molecule has 0 spiro atoms. The van der Waals surface area contributed by atoms with Gasteiger partial charge in [0.2, 0.25) is 5.91 Å². The summed E-state index contributed by atoms with van der Waals surface area (Å²) in [6.45, 7) is 5.36. The van der Waals surface area contributed by atoms with Gasteiger partial charge < -0.3 is 15.7 Å². The highest BCUT2D eigenvalue weighted by atomic mass is 32.2. The molecule has 5 heteroatoms. The lowest BCUT2D eigenvalue weighted by Gasteiger charge is -2.08. The van der Waals surface area contributed by atoms with Crippen LogP contribution in [0, 0.1) is 0 Å². The first-order chi connectivity index (χ1) is 7.16. The van der Waals surface area contributed by atoms with Crippen LogP contribution in [0.3, 0.4) is 0 Å². The Bertz CT molecular complexity index is 166. The summed E-state index contributed by atoms with van der Waals surface area (Å²) >= 11 is 1.75. The fraction of sp³-hybridized carbons (Fsp3) is 0.900. The molecule has 3 N–H and O–H groups in total. The fourth-order valence-electron chi connectivity index (χ4n) is 0.891. The van der Waals surface area contributed by atoms with Gasteiger partial charge in [-0.25, -0.2) is 0 Å². The molecule has 0 aromatic heterocycles. The van der Waals surface area contributed by atoms with E-state index in [0.29, 0.717) is 19.1 Å². The normalized spacial score (nSPS) is 10.7. The number of hydrogen-bond donors (Lipinski definition) is 3. The third kappa shape index (κ3) is 11.7. The Balaban J connectivity index is 3.17. The largest absolute Gasteiger partial charge is 0.396 e. The summed E-state index contributed by atoms with van der Waals surface area (Å²) in [6.07, 6.45) is 0.827. The minimum atomic E-state index is 0.0476. The molecule has 0 saturated carbocycles. The van der Waals surface area contributed by atoms with E-state index in [9.17, 15) is 4.79 Å². The first kappa shape index (κ1) is 14.7. The molecule has 0 unspecified atom stereocenters. The van der Waals surface area contributed by atoms with Gasteiger partial charge in [-0.2, -0.15) is 11.8 Å². The predicted octanol–water partition coefficient (Wildman–Crippen LogP) is 0.216. The number of thioether (sulfide) groups is 1. The SMILES string of the molecule is CC(C)NCC(=O)NCCSCCCO. The van der Waals surface area contributed by atoms with Crippen molar-refractivity contribution >= 4 is 17.7 Å². The van der Waals surface area contributed by atoms with Gasteiger partial charge in [-0.15, -0.1) is 0 Å². The summed E-state index contributed by atoms with van der Waals surface area (Å²) in [4.78, 5) is 11.2. The molecule has 1 amide bonds. The molecule has 4 nitrogen and oxygen atoms in total. The monoisotopic (exact) mass is 234 g/mol. The number of amides is 1. The second-order valence-electron chi connectivity index (χ2n) is 3.58. The van der Waals surface area contributed by atoms with Gasteiger partial charge in [0.25, 0.3) is 0 Å². The van der Waals surface area contributed by atoms with Gasteiger partial charge in [-0.3, -0.25) is 4.79 Å². The Hall–Kier alpha value is -0.260. The van der Waals surface area contributed by atoms with Gasteiger partial charge in [-0.05, 0) is 12.2 Å². The third-order valence-electron chi connectivity index (χ3n) is 1.69. The molecule has 0 aromatic rings. The Morgan fingerprint density at radius 3 is 2.73 bits per heavy atom. The molecule has 0 rings (SSSR count). The van der Waals surface area contributed by atoms with Crippen LogP contribution >= 0.6 is 11.8 Å². The molecule has 90 valence electrons. The third-order valence-corrected chi connectivity index (χ3v) is 2.76. The van der Waals surface area contributed by atoms with Crippen LogP contribution in [0.5, 0.6) is 0 Å². The highest BCUT2D eigenvalue weighted by molar-refractivity contribution is 7.99. The van der Waals surface area contributed by atoms with Crippen molar-refractivity contribution in [1.82, 2.24) is 10.6 Å². The van der Waals surface area contributed by atoms with Gasteiger partial charge in [0.1, 0.15) is 0 Å². The van der Waals surface area contributed by atoms with E-state index in [1.807, 2.05) is 13.8 Å². The molecular formula is C10H22N2O2S. The number of carbonyl (C=O) groups is 1. The van der Waals surface area contributed by atoms with Crippen LogP contribution in [0.15, 0.2) is 0 Å². The van der Waals surface area contributed by atoms with Crippen LogP contribution in [0.25, 0.3) is 0 Å². The van der Waals surface area contributed by atoms with Crippen LogP contribution in [0.4, 0.5) is 0 Å². The van der Waals surface area contributed by atoms with Crippen molar-refractivity contribution in [1.29, 1.82) is 0 Å². The summed E-state index contributed by atoms with van der Waals surface area (Å²) in [7, 11) is 0. The van der Waals surface area contributed by atoms with E-state index in [1.165, 1.54) is 0 Å². The molecule has 0 aromatic carbocycles. The van der Waals surface area contributed by atoms with Crippen molar-refractivity contribution < 1.29 is 9.90 Å². The van der Waals surface area contributed by atoms with Crippen LogP contribution in [0.2, 0.25) is 0 Å². The summed E-state index contributed by atoms with van der Waals surface area (Å²) in [6, 6.07) is 0.342. The maximum atomic E-state index is 11.2. The molecule has 0 heterocycles. The highest BCUT2D eigenvalue weighted by Crippen LogP contribution is 1.99. The number of nitrogens with one attached hydrogen (secondary N) is 2. The van der Waals surface area contributed by atoms with Crippen LogP contribution in [0.1, 0.15) is 20.3 Å². The average molecular weight is 234 g/mol. The van der Waals surface area contributed by atoms with E-state index >= 15 is 0 Å². The van der Waals surface area contributed by atoms with Crippen molar-refractivity contribution in [2.45, 2.75) is 26.3 Å². The first-order valence-corrected chi connectivity index (χ1v) is 6.51. The van der Waals surface area contributed by atoms with Gasteiger partial charge in [-0.1, -0.05) is 13.8 Å². The quantitative estimate of drug-likeness (QED) is 0.499. The van der Waals surface area contributed by atoms with Crippen molar-refractivity contribution in [3.8, 4) is 0 Å². The van der Waals surface area contributed by atoms with Gasteiger partial charge in [0, 0.05) is 24.9 Å². The Kier molecular flexibility index (Phi) is 10.1. The smallest absolute Gasteiger partial charge is 0.233 e. The topological polar surface area (TPSA) is 61.4 Å². The number of hydrogen-bond acceptors (Lipinski definition) is 4. The fourth-order valence-corrected chi connectivity index (χ4v) is 1.67. The Morgan fingerprint density at radius 2 is 2.13 bits per heavy atom. The van der Waals surface area contributed by atoms with E-state index in [0.717, 1.165) is 17.9 Å². The lowest BCUT2D eigenvalue weighted by molar-refractivity contribution is -0.120. The van der Waals surface area contributed by atoms with Crippen molar-refractivity contribution in [2.75, 3.05) is 31.2 Å². The molecule has 0 aliphatic heterocycles. The van der Waals surface area contributed by atoms with E-state index < -0.39 is 0 Å². The van der Waals surface area contributed by atoms with E-state index in [1.54, 1.807) is 11.8 Å². The van der Waals surface area contributed by atoms with E-state index in [2.05, 4.69) is 10.6 Å². The molecule has 0 aliphatic rings. The molecule has 0 bridgehead atoms. The zero-order valence-corrected chi connectivity index (χ0v) is 10.4. The van der Waals surface area contributed by atoms with E-state index in [4.69, 9.17) is 5.11 Å². The standard InChI is InChI=1S/C10H22N2O2S/c1-9(2)12-8-10(14)11-4-7-15-6-3-5-13/h9,12-13H,3-8H2,1-2H3,(H,11,14). The molecule has 15 heavy (non-hydrogen) atoms. The van der Waals surface area contributed by atoms with Crippen molar-refractivity contribution in [3.63, 3.8) is 0 Å². The maximum absolute atomic E-state index is 11.2. The molecule has 0 radical (unpaired) electrons. The second-order valence-corrected chi connectivity index (χ2v) is 4.80. The van der Waals surface area contributed by atoms with Gasteiger partial charge in [0.05, 0.1) is 6.54 Å². The Morgan fingerprint density at radius 1 is 1.40 bits per heavy atom. The minimum Gasteiger partial charge on any atom is -0.396 e. The van der Waals surface area contributed by atoms with Crippen molar-refractivity contribution in [3.05, 3.63) is 0 Å². The van der Waals surface area contributed by atoms with Gasteiger partial charge >= 0.3 is 0 Å². The van der Waals surface area contributed by atoms with Gasteiger partial charge in [0.15, 0.2) is 0 Å². The van der Waals surface area contributed by atoms with E-state index in [-0.39, 0.29) is 12.5 Å². The molecular weight excluding hydrogens is 212 g/mol. The molecule has 0 saturated heterocycles. The lowest BCUT2D eigenvalue weighted by atomic mass is 10.4. The van der Waals surface area contributed by atoms with Crippen molar-refractivity contribution in [2.24, 2.45) is 0 Å². The lowest BCUT2D eigenvalue weighted by Crippen LogP contribution is -2.37. The van der Waals surface area contributed by atoms with Crippen LogP contribution in [-0.4, -0.2) is 48.3 Å². The second kappa shape index (κ2) is 10.3. The number of aliphatic hydroxyl groups excluding tert-OH is 1. The zero-order chi connectivity index (χ0) is 11.5. The van der Waals surface area contributed by atoms with Crippen LogP contribution < -0.4 is 10.6 Å². The minimum absolute atomic E-state index is 0.0476. The van der Waals surface area contributed by atoms with Crippen LogP contribution in [-0.2, 0) is 4.79 Å². The summed E-state index contributed by atoms with van der Waals surface area (Å²) in [5.41, 5.74) is 0. The Labute approximate surface area is 96.2 Å². The number of rotatable bonds is 9. The number of aliphatic hydroxyl groups is 1. The molecule has 0 fully saturated rings. The predicted molar refractivity (Wildman–Crippen MR) is 65.2 cm³/mol. The molecule has 0 atom stereocenters. The first-order valence-electron chi connectivity index (χ1n) is 5.35. The molecule has 0 aliphatic carbocycles. The highest BCUT2D eigenvalue weighted by Gasteiger charge is 2.00.